The lowest BCUT2D eigenvalue weighted by Gasteiger charge is -2.51. The molecule has 0 saturated carbocycles. The minimum atomic E-state index is -4.88. The first-order valence-corrected chi connectivity index (χ1v) is 16.8. The Morgan fingerprint density at radius 1 is 1.04 bits per heavy atom. The number of carbonyl (C=O) groups is 3. The minimum absolute atomic E-state index is 0.00706. The average molecular weight is 728 g/mol. The first-order valence-electron chi connectivity index (χ1n) is 15.9. The molecule has 0 aliphatic carbocycles. The summed E-state index contributed by atoms with van der Waals surface area (Å²) in [6, 6.07) is 7.23. The highest BCUT2D eigenvalue weighted by Gasteiger charge is 2.56. The number of nitrogens with one attached hydrogen (secondary N) is 1. The van der Waals surface area contributed by atoms with Crippen LogP contribution < -0.4 is 15.0 Å². The van der Waals surface area contributed by atoms with Crippen molar-refractivity contribution in [2.75, 3.05) is 49.5 Å². The lowest BCUT2D eigenvalue weighted by Crippen LogP contribution is -2.69. The van der Waals surface area contributed by atoms with Crippen LogP contribution in [0, 0.1) is 0 Å². The predicted molar refractivity (Wildman–Crippen MR) is 172 cm³/mol. The molecule has 2 N–H and O–H groups in total. The third-order valence-electron chi connectivity index (χ3n) is 8.79. The third kappa shape index (κ3) is 7.67. The van der Waals surface area contributed by atoms with Crippen molar-refractivity contribution in [2.24, 2.45) is 0 Å². The van der Waals surface area contributed by atoms with Crippen molar-refractivity contribution in [1.82, 2.24) is 14.8 Å². The topological polar surface area (TPSA) is 115 Å². The van der Waals surface area contributed by atoms with Gasteiger partial charge in [-0.1, -0.05) is 25.5 Å². The molecule has 0 spiro atoms. The fourth-order valence-electron chi connectivity index (χ4n) is 6.56. The van der Waals surface area contributed by atoms with E-state index in [9.17, 15) is 45.8 Å². The standard InChI is InChI=1S/C33H35F6N5O5S/c1-2-6-26-31(49-21-17-27(50-20-21)33(37,38)39,10-5-12-44(26)29(47)22-18-40-11-9-23(22)32(34,35)36)30(48)43-15-13-42(14-16-43)25-8-4-3-7-24(25)41-28(46)19-45/h3-4,7-9,11,17-18,20,26,45H,2,5-6,10,12-16,19H2,1H3,(H,41,46)/t26-,31+/m1/s1. The van der Waals surface area contributed by atoms with Gasteiger partial charge in [0.2, 0.25) is 11.5 Å². The molecule has 2 fully saturated rings. The number of ether oxygens (including phenoxy) is 1. The van der Waals surface area contributed by atoms with E-state index in [2.05, 4.69) is 10.3 Å². The van der Waals surface area contributed by atoms with Crippen molar-refractivity contribution in [1.29, 1.82) is 0 Å². The van der Waals surface area contributed by atoms with Gasteiger partial charge < -0.3 is 29.9 Å². The molecule has 5 rings (SSSR count). The second-order valence-corrected chi connectivity index (χ2v) is 12.9. The Balaban J connectivity index is 1.50. The van der Waals surface area contributed by atoms with Crippen molar-refractivity contribution in [3.05, 3.63) is 70.2 Å². The van der Waals surface area contributed by atoms with Gasteiger partial charge in [-0.2, -0.15) is 26.3 Å². The number of pyridine rings is 1. The molecule has 0 bridgehead atoms. The number of aliphatic hydroxyl groups excluding tert-OH is 1. The number of likely N-dealkylation sites (tertiary alicyclic amines) is 1. The van der Waals surface area contributed by atoms with Gasteiger partial charge in [0, 0.05) is 63.0 Å². The number of carbonyl (C=O) groups excluding carboxylic acids is 3. The number of halogens is 6. The third-order valence-corrected chi connectivity index (χ3v) is 9.74. The molecule has 2 atom stereocenters. The number of nitrogens with zero attached hydrogens (tertiary/aromatic N) is 4. The van der Waals surface area contributed by atoms with Crippen LogP contribution in [-0.2, 0) is 21.9 Å². The molecular weight excluding hydrogens is 692 g/mol. The summed E-state index contributed by atoms with van der Waals surface area (Å²) in [4.78, 5) is 48.0. The Kier molecular flexibility index (Phi) is 11.0. The van der Waals surface area contributed by atoms with Crippen LogP contribution >= 0.6 is 11.3 Å². The highest BCUT2D eigenvalue weighted by atomic mass is 32.1. The number of rotatable bonds is 9. The molecule has 2 aliphatic rings. The highest BCUT2D eigenvalue weighted by Crippen LogP contribution is 2.43. The van der Waals surface area contributed by atoms with Gasteiger partial charge >= 0.3 is 12.4 Å². The summed E-state index contributed by atoms with van der Waals surface area (Å²) in [6.07, 6.45) is -7.23. The van der Waals surface area contributed by atoms with Crippen LogP contribution in [0.2, 0.25) is 0 Å². The summed E-state index contributed by atoms with van der Waals surface area (Å²) in [5.41, 5.74) is -2.75. The summed E-state index contributed by atoms with van der Waals surface area (Å²) in [7, 11) is 0. The van der Waals surface area contributed by atoms with Crippen molar-refractivity contribution < 1.29 is 50.6 Å². The monoisotopic (exact) mass is 727 g/mol. The number of benzene rings is 1. The van der Waals surface area contributed by atoms with Crippen LogP contribution in [0.15, 0.2) is 54.2 Å². The second-order valence-electron chi connectivity index (χ2n) is 12.0. The first-order chi connectivity index (χ1) is 23.7. The maximum absolute atomic E-state index is 14.7. The van der Waals surface area contributed by atoms with Crippen LogP contribution in [0.25, 0.3) is 0 Å². The smallest absolute Gasteiger partial charge is 0.425 e. The van der Waals surface area contributed by atoms with Gasteiger partial charge in [0.05, 0.1) is 28.5 Å². The maximum Gasteiger partial charge on any atom is 0.425 e. The van der Waals surface area contributed by atoms with Crippen LogP contribution in [-0.4, -0.2) is 88.6 Å². The van der Waals surface area contributed by atoms with Gasteiger partial charge in [-0.15, -0.1) is 11.3 Å². The Morgan fingerprint density at radius 3 is 2.40 bits per heavy atom. The number of alkyl halides is 6. The average Bonchev–Trinajstić information content (AvgIpc) is 3.57. The van der Waals surface area contributed by atoms with E-state index in [1.807, 2.05) is 4.90 Å². The van der Waals surface area contributed by atoms with Gasteiger partial charge in [0.25, 0.3) is 11.8 Å². The lowest BCUT2D eigenvalue weighted by atomic mass is 9.79. The van der Waals surface area contributed by atoms with E-state index in [1.54, 1.807) is 31.2 Å². The molecule has 0 unspecified atom stereocenters. The largest absolute Gasteiger partial charge is 0.474 e. The number of piperazine rings is 1. The Hall–Kier alpha value is -4.38. The molecule has 2 aromatic heterocycles. The summed E-state index contributed by atoms with van der Waals surface area (Å²) >= 11 is 0.378. The Bertz CT molecular complexity index is 1690. The Morgan fingerprint density at radius 2 is 1.76 bits per heavy atom. The number of piperidine rings is 1. The number of hydrogen-bond acceptors (Lipinski definition) is 8. The number of thiophene rings is 1. The number of aliphatic hydroxyl groups is 1. The van der Waals surface area contributed by atoms with Crippen molar-refractivity contribution in [3.8, 4) is 5.75 Å². The predicted octanol–water partition coefficient (Wildman–Crippen LogP) is 5.68. The van der Waals surface area contributed by atoms with Gasteiger partial charge in [-0.25, -0.2) is 0 Å². The van der Waals surface area contributed by atoms with E-state index in [4.69, 9.17) is 4.74 Å². The molecule has 270 valence electrons. The molecule has 2 saturated heterocycles. The van der Waals surface area contributed by atoms with E-state index in [0.29, 0.717) is 35.2 Å². The number of anilines is 2. The second kappa shape index (κ2) is 14.8. The Labute approximate surface area is 287 Å². The minimum Gasteiger partial charge on any atom is -0.474 e. The fourth-order valence-corrected chi connectivity index (χ4v) is 7.24. The summed E-state index contributed by atoms with van der Waals surface area (Å²) < 4.78 is 89.0. The van der Waals surface area contributed by atoms with Crippen LogP contribution in [0.4, 0.5) is 37.7 Å². The van der Waals surface area contributed by atoms with Gasteiger partial charge in [0.1, 0.15) is 17.2 Å². The molecular formula is C33H35F6N5O5S. The summed E-state index contributed by atoms with van der Waals surface area (Å²) in [5, 5.41) is 13.0. The van der Waals surface area contributed by atoms with E-state index >= 15 is 0 Å². The normalized spacial score (nSPS) is 20.1. The van der Waals surface area contributed by atoms with Crippen molar-refractivity contribution in [2.45, 2.75) is 56.6 Å². The van der Waals surface area contributed by atoms with E-state index in [0.717, 1.165) is 23.8 Å². The molecule has 1 aromatic carbocycles. The zero-order valence-electron chi connectivity index (χ0n) is 26.9. The fraction of sp³-hybridized carbons (Fsp3) is 0.455. The van der Waals surface area contributed by atoms with E-state index in [-0.39, 0.29) is 57.7 Å². The number of amides is 3. The molecule has 2 aliphatic heterocycles. The summed E-state index contributed by atoms with van der Waals surface area (Å²) in [6.45, 7) is 1.82. The zero-order chi connectivity index (χ0) is 36.3. The van der Waals surface area contributed by atoms with Crippen molar-refractivity contribution >= 4 is 40.4 Å². The van der Waals surface area contributed by atoms with Crippen LogP contribution in [0.5, 0.6) is 5.75 Å². The number of hydrogen-bond donors (Lipinski definition) is 2. The molecule has 3 amide bonds. The SMILES string of the molecule is CCC[C@H]1N(C(=O)c2cnccc2C(F)(F)F)CCC[C@@]1(Oc1csc(C(F)(F)F)c1)C(=O)N1CCN(c2ccccc2NC(=O)CO)CC1. The molecule has 0 radical (unpaired) electrons. The number of aromatic nitrogens is 1. The first kappa shape index (κ1) is 36.9. The van der Waals surface area contributed by atoms with Gasteiger partial charge in [0.15, 0.2) is 0 Å². The van der Waals surface area contributed by atoms with Gasteiger partial charge in [-0.05, 0) is 31.0 Å². The van der Waals surface area contributed by atoms with Crippen LogP contribution in [0.3, 0.4) is 0 Å². The maximum atomic E-state index is 14.7. The molecule has 50 heavy (non-hydrogen) atoms. The van der Waals surface area contributed by atoms with E-state index in [1.165, 1.54) is 9.80 Å². The highest BCUT2D eigenvalue weighted by molar-refractivity contribution is 7.10. The zero-order valence-corrected chi connectivity index (χ0v) is 27.7. The molecule has 3 aromatic rings. The van der Waals surface area contributed by atoms with Crippen LogP contribution in [0.1, 0.15) is 53.4 Å². The molecule has 4 heterocycles. The quantitative estimate of drug-likeness (QED) is 0.273. The summed E-state index contributed by atoms with van der Waals surface area (Å²) in [5.74, 6) is -2.47. The van der Waals surface area contributed by atoms with Gasteiger partial charge in [-0.3, -0.25) is 19.4 Å². The molecule has 10 nitrogen and oxygen atoms in total. The molecule has 17 heteroatoms. The number of para-hydroxylation sites is 2. The van der Waals surface area contributed by atoms with Crippen molar-refractivity contribution in [3.63, 3.8) is 0 Å². The van der Waals surface area contributed by atoms with E-state index < -0.39 is 64.3 Å². The lowest BCUT2D eigenvalue weighted by molar-refractivity contribution is -0.159.